The quantitative estimate of drug-likeness (QED) is 0.875. The highest BCUT2D eigenvalue weighted by molar-refractivity contribution is 5.42. The van der Waals surface area contributed by atoms with E-state index in [4.69, 9.17) is 0 Å². The van der Waals surface area contributed by atoms with Crippen LogP contribution < -0.4 is 5.32 Å². The summed E-state index contributed by atoms with van der Waals surface area (Å²) >= 11 is 0. The monoisotopic (exact) mass is 284 g/mol. The zero-order chi connectivity index (χ0) is 14.8. The van der Waals surface area contributed by atoms with E-state index in [1.54, 1.807) is 0 Å². The third-order valence-electron chi connectivity index (χ3n) is 4.44. The third-order valence-corrected chi connectivity index (χ3v) is 4.44. The van der Waals surface area contributed by atoms with Crippen LogP contribution in [0.5, 0.6) is 0 Å². The van der Waals surface area contributed by atoms with Gasteiger partial charge in [-0.3, -0.25) is 0 Å². The molecule has 0 aromatic carbocycles. The lowest BCUT2D eigenvalue weighted by Gasteiger charge is -2.22. The largest absolute Gasteiger partial charge is 0.310 e. The number of hydrogen-bond donors (Lipinski definition) is 1. The van der Waals surface area contributed by atoms with E-state index >= 15 is 0 Å². The predicted molar refractivity (Wildman–Crippen MR) is 85.4 cm³/mol. The minimum absolute atomic E-state index is 0.303. The Labute approximate surface area is 126 Å². The second-order valence-corrected chi connectivity index (χ2v) is 6.14. The van der Waals surface area contributed by atoms with Crippen LogP contribution in [0.1, 0.15) is 49.2 Å². The second kappa shape index (κ2) is 5.98. The van der Waals surface area contributed by atoms with Gasteiger partial charge >= 0.3 is 0 Å². The molecule has 1 N–H and O–H groups in total. The fourth-order valence-corrected chi connectivity index (χ4v) is 3.10. The topological polar surface area (TPSA) is 42.2 Å². The molecule has 2 atom stereocenters. The van der Waals surface area contributed by atoms with Crippen molar-refractivity contribution in [1.29, 1.82) is 0 Å². The molecule has 4 nitrogen and oxygen atoms in total. The Bertz CT molecular complexity index is 656. The van der Waals surface area contributed by atoms with Gasteiger partial charge in [-0.1, -0.05) is 12.2 Å². The summed E-state index contributed by atoms with van der Waals surface area (Å²) in [4.78, 5) is 4.53. The van der Waals surface area contributed by atoms with Crippen LogP contribution >= 0.6 is 0 Å². The molecule has 0 fully saturated rings. The molecule has 2 unspecified atom stereocenters. The SMILES string of the molecule is Cc1cc2ncc(C(C)NCC3CC=CCC3)c(C)n2n1. The summed E-state index contributed by atoms with van der Waals surface area (Å²) < 4.78 is 1.95. The standard InChI is InChI=1S/C17H24N4/c1-12-9-17-19-11-16(14(3)21(17)20-12)13(2)18-10-15-7-5-4-6-8-15/h4-5,9,11,13,15,18H,6-8,10H2,1-3H3. The van der Waals surface area contributed by atoms with Crippen LogP contribution in [0.2, 0.25) is 0 Å². The van der Waals surface area contributed by atoms with E-state index in [9.17, 15) is 0 Å². The van der Waals surface area contributed by atoms with Crippen molar-refractivity contribution in [2.45, 2.75) is 46.1 Å². The van der Waals surface area contributed by atoms with Gasteiger partial charge in [0, 0.05) is 29.6 Å². The van der Waals surface area contributed by atoms with Gasteiger partial charge in [0.25, 0.3) is 0 Å². The zero-order valence-electron chi connectivity index (χ0n) is 13.1. The van der Waals surface area contributed by atoms with E-state index in [2.05, 4.69) is 41.4 Å². The average Bonchev–Trinajstić information content (AvgIpc) is 2.88. The zero-order valence-corrected chi connectivity index (χ0v) is 13.1. The summed E-state index contributed by atoms with van der Waals surface area (Å²) in [7, 11) is 0. The molecule has 21 heavy (non-hydrogen) atoms. The predicted octanol–water partition coefficient (Wildman–Crippen LogP) is 3.35. The van der Waals surface area contributed by atoms with Crippen LogP contribution in [0.15, 0.2) is 24.4 Å². The summed E-state index contributed by atoms with van der Waals surface area (Å²) in [6.07, 6.45) is 10.3. The molecule has 1 aliphatic carbocycles. The number of hydrogen-bond acceptors (Lipinski definition) is 3. The molecule has 3 rings (SSSR count). The molecule has 2 heterocycles. The summed E-state index contributed by atoms with van der Waals surface area (Å²) in [6, 6.07) is 2.32. The van der Waals surface area contributed by atoms with Crippen molar-refractivity contribution in [3.8, 4) is 0 Å². The summed E-state index contributed by atoms with van der Waals surface area (Å²) in [5.74, 6) is 0.765. The first-order chi connectivity index (χ1) is 10.1. The molecule has 0 aliphatic heterocycles. The van der Waals surface area contributed by atoms with E-state index in [1.807, 2.05) is 23.7 Å². The molecular weight excluding hydrogens is 260 g/mol. The first-order valence-electron chi connectivity index (χ1n) is 7.85. The Morgan fingerprint density at radius 3 is 3.00 bits per heavy atom. The average molecular weight is 284 g/mol. The van der Waals surface area contributed by atoms with Gasteiger partial charge in [0.15, 0.2) is 5.65 Å². The molecule has 4 heteroatoms. The van der Waals surface area contributed by atoms with Crippen molar-refractivity contribution in [3.63, 3.8) is 0 Å². The lowest BCUT2D eigenvalue weighted by molar-refractivity contribution is 0.414. The van der Waals surface area contributed by atoms with Gasteiger partial charge in [-0.25, -0.2) is 9.50 Å². The number of allylic oxidation sites excluding steroid dienone is 2. The van der Waals surface area contributed by atoms with Crippen LogP contribution in [0.25, 0.3) is 5.65 Å². The Morgan fingerprint density at radius 2 is 2.24 bits per heavy atom. The van der Waals surface area contributed by atoms with Crippen molar-refractivity contribution in [2.24, 2.45) is 5.92 Å². The van der Waals surface area contributed by atoms with Crippen LogP contribution in [0.4, 0.5) is 0 Å². The lowest BCUT2D eigenvalue weighted by atomic mass is 9.94. The molecule has 0 amide bonds. The first kappa shape index (κ1) is 14.3. The number of fused-ring (bicyclic) bond motifs is 1. The summed E-state index contributed by atoms with van der Waals surface area (Å²) in [5.41, 5.74) is 4.35. The Morgan fingerprint density at radius 1 is 1.38 bits per heavy atom. The van der Waals surface area contributed by atoms with Gasteiger partial charge in [0.2, 0.25) is 0 Å². The van der Waals surface area contributed by atoms with Crippen molar-refractivity contribution >= 4 is 5.65 Å². The molecule has 0 saturated carbocycles. The molecule has 0 bridgehead atoms. The molecule has 2 aromatic rings. The maximum atomic E-state index is 4.53. The Hall–Kier alpha value is -1.68. The third kappa shape index (κ3) is 3.00. The second-order valence-electron chi connectivity index (χ2n) is 6.14. The van der Waals surface area contributed by atoms with E-state index in [0.717, 1.165) is 23.8 Å². The van der Waals surface area contributed by atoms with Gasteiger partial charge in [-0.2, -0.15) is 5.10 Å². The highest BCUT2D eigenvalue weighted by Gasteiger charge is 2.15. The molecule has 112 valence electrons. The van der Waals surface area contributed by atoms with Crippen molar-refractivity contribution in [3.05, 3.63) is 41.4 Å². The fourth-order valence-electron chi connectivity index (χ4n) is 3.10. The van der Waals surface area contributed by atoms with Gasteiger partial charge in [0.05, 0.1) is 5.69 Å². The number of aryl methyl sites for hydroxylation is 2. The highest BCUT2D eigenvalue weighted by atomic mass is 15.3. The van der Waals surface area contributed by atoms with Crippen molar-refractivity contribution < 1.29 is 0 Å². The minimum Gasteiger partial charge on any atom is -0.310 e. The smallest absolute Gasteiger partial charge is 0.155 e. The molecule has 0 saturated heterocycles. The number of aromatic nitrogens is 3. The molecule has 2 aromatic heterocycles. The number of nitrogens with one attached hydrogen (secondary N) is 1. The van der Waals surface area contributed by atoms with E-state index < -0.39 is 0 Å². The van der Waals surface area contributed by atoms with Crippen LogP contribution in [0, 0.1) is 19.8 Å². The highest BCUT2D eigenvalue weighted by Crippen LogP contribution is 2.21. The Balaban J connectivity index is 1.73. The van der Waals surface area contributed by atoms with Gasteiger partial charge < -0.3 is 5.32 Å². The van der Waals surface area contributed by atoms with Crippen LogP contribution in [-0.4, -0.2) is 21.1 Å². The normalized spacial score (nSPS) is 20.0. The minimum atomic E-state index is 0.303. The number of rotatable bonds is 4. The van der Waals surface area contributed by atoms with E-state index in [0.29, 0.717) is 6.04 Å². The molecule has 1 aliphatic rings. The maximum absolute atomic E-state index is 4.53. The maximum Gasteiger partial charge on any atom is 0.155 e. The van der Waals surface area contributed by atoms with Gasteiger partial charge in [-0.05, 0) is 52.5 Å². The number of nitrogens with zero attached hydrogens (tertiary/aromatic N) is 3. The van der Waals surface area contributed by atoms with Gasteiger partial charge in [0.1, 0.15) is 0 Å². The van der Waals surface area contributed by atoms with E-state index in [-0.39, 0.29) is 0 Å². The molecule has 0 spiro atoms. The van der Waals surface area contributed by atoms with Crippen molar-refractivity contribution in [1.82, 2.24) is 19.9 Å². The van der Waals surface area contributed by atoms with Crippen LogP contribution in [-0.2, 0) is 0 Å². The van der Waals surface area contributed by atoms with Gasteiger partial charge in [-0.15, -0.1) is 0 Å². The first-order valence-corrected chi connectivity index (χ1v) is 7.85. The summed E-state index contributed by atoms with van der Waals surface area (Å²) in [6.45, 7) is 7.41. The molecular formula is C17H24N4. The van der Waals surface area contributed by atoms with Crippen molar-refractivity contribution in [2.75, 3.05) is 6.54 Å². The Kier molecular flexibility index (Phi) is 4.06. The fraction of sp³-hybridized carbons (Fsp3) is 0.529. The summed E-state index contributed by atoms with van der Waals surface area (Å²) in [5, 5.41) is 8.19. The molecule has 0 radical (unpaired) electrons. The van der Waals surface area contributed by atoms with E-state index in [1.165, 1.54) is 30.5 Å². The lowest BCUT2D eigenvalue weighted by Crippen LogP contribution is -2.27. The van der Waals surface area contributed by atoms with Crippen LogP contribution in [0.3, 0.4) is 0 Å².